The molecule has 146 valence electrons. The van der Waals surface area contributed by atoms with Crippen LogP contribution in [0, 0.1) is 6.92 Å². The molecule has 0 aliphatic rings. The van der Waals surface area contributed by atoms with Gasteiger partial charge in [-0.25, -0.2) is 4.79 Å². The number of hydrogen-bond acceptors (Lipinski definition) is 5. The summed E-state index contributed by atoms with van der Waals surface area (Å²) < 4.78 is 18.1. The summed E-state index contributed by atoms with van der Waals surface area (Å²) in [5, 5.41) is 10.1. The summed E-state index contributed by atoms with van der Waals surface area (Å²) in [6.45, 7) is 5.95. The Labute approximate surface area is 165 Å². The van der Waals surface area contributed by atoms with Crippen LogP contribution in [0.25, 0.3) is 11.0 Å². The zero-order chi connectivity index (χ0) is 20.4. The molecule has 0 amide bonds. The molecular formula is C21H21NO5S. The molecule has 0 aliphatic carbocycles. The second kappa shape index (κ2) is 8.08. The maximum absolute atomic E-state index is 12.6. The summed E-state index contributed by atoms with van der Waals surface area (Å²) >= 11 is -1.42. The third-order valence-electron chi connectivity index (χ3n) is 4.45. The van der Waals surface area contributed by atoms with Gasteiger partial charge in [-0.3, -0.25) is 4.79 Å². The maximum atomic E-state index is 12.6. The number of fused-ring (bicyclic) bond motifs is 1. The molecule has 0 radical (unpaired) electrons. The van der Waals surface area contributed by atoms with Crippen molar-refractivity contribution in [2.75, 3.05) is 17.2 Å². The molecule has 1 N–H and O–H groups in total. The number of para-hydroxylation sites is 1. The van der Waals surface area contributed by atoms with E-state index in [-0.39, 0.29) is 16.1 Å². The Morgan fingerprint density at radius 1 is 1.18 bits per heavy atom. The zero-order valence-electron chi connectivity index (χ0n) is 15.9. The van der Waals surface area contributed by atoms with E-state index in [0.717, 1.165) is 5.56 Å². The lowest BCUT2D eigenvalue weighted by Gasteiger charge is -2.26. The van der Waals surface area contributed by atoms with E-state index in [1.165, 1.54) is 12.1 Å². The number of benzene rings is 2. The van der Waals surface area contributed by atoms with Crippen molar-refractivity contribution < 1.29 is 18.9 Å². The Balaban J connectivity index is 2.33. The normalized spacial score (nSPS) is 12.1. The lowest BCUT2D eigenvalue weighted by molar-refractivity contribution is 0.0697. The lowest BCUT2D eigenvalue weighted by atomic mass is 10.1. The van der Waals surface area contributed by atoms with Gasteiger partial charge in [0, 0.05) is 17.7 Å². The van der Waals surface area contributed by atoms with Crippen molar-refractivity contribution in [3.63, 3.8) is 0 Å². The van der Waals surface area contributed by atoms with Gasteiger partial charge in [-0.05, 0) is 50.6 Å². The van der Waals surface area contributed by atoms with Crippen LogP contribution in [0.15, 0.2) is 56.8 Å². The van der Waals surface area contributed by atoms with Crippen LogP contribution in [0.5, 0.6) is 0 Å². The molecule has 0 bridgehead atoms. The van der Waals surface area contributed by atoms with Crippen LogP contribution < -0.4 is 10.3 Å². The number of nitrogens with zero attached hydrogens (tertiary/aromatic N) is 1. The van der Waals surface area contributed by atoms with E-state index >= 15 is 0 Å². The van der Waals surface area contributed by atoms with Crippen LogP contribution in [-0.2, 0) is 11.2 Å². The van der Waals surface area contributed by atoms with Crippen LogP contribution in [0.2, 0.25) is 0 Å². The number of aromatic carboxylic acids is 1. The number of hydrogen-bond donors (Lipinski definition) is 1. The second-order valence-corrected chi connectivity index (χ2v) is 7.96. The van der Waals surface area contributed by atoms with Crippen molar-refractivity contribution in [2.24, 2.45) is 0 Å². The first-order chi connectivity index (χ1) is 13.4. The molecule has 0 fully saturated rings. The molecule has 1 unspecified atom stereocenters. The van der Waals surface area contributed by atoms with Gasteiger partial charge < -0.3 is 19.0 Å². The Bertz CT molecular complexity index is 1090. The Morgan fingerprint density at radius 2 is 1.89 bits per heavy atom. The smallest absolute Gasteiger partial charge is 0.337 e. The number of carboxylic acids is 1. The Kier molecular flexibility index (Phi) is 5.76. The number of aryl methyl sites for hydroxylation is 1. The molecule has 0 saturated heterocycles. The van der Waals surface area contributed by atoms with Gasteiger partial charge in [0.15, 0.2) is 11.0 Å². The molecule has 0 saturated carbocycles. The Morgan fingerprint density at radius 3 is 2.54 bits per heavy atom. The molecule has 28 heavy (non-hydrogen) atoms. The largest absolute Gasteiger partial charge is 0.609 e. The van der Waals surface area contributed by atoms with Gasteiger partial charge in [0.25, 0.3) is 0 Å². The summed E-state index contributed by atoms with van der Waals surface area (Å²) in [4.78, 5) is 26.1. The summed E-state index contributed by atoms with van der Waals surface area (Å²) in [7, 11) is 0. The summed E-state index contributed by atoms with van der Waals surface area (Å²) in [5.41, 5.74) is 2.08. The molecule has 1 heterocycles. The van der Waals surface area contributed by atoms with Crippen LogP contribution in [0.3, 0.4) is 0 Å². The fraction of sp³-hybridized carbons (Fsp3) is 0.238. The minimum Gasteiger partial charge on any atom is -0.609 e. The summed E-state index contributed by atoms with van der Waals surface area (Å²) in [5.74, 6) is -0.713. The average Bonchev–Trinajstić information content (AvgIpc) is 2.68. The minimum absolute atomic E-state index is 0.118. The third-order valence-corrected chi connectivity index (χ3v) is 5.62. The van der Waals surface area contributed by atoms with E-state index in [1.807, 2.05) is 19.9 Å². The van der Waals surface area contributed by atoms with Crippen LogP contribution in [0.4, 0.5) is 11.4 Å². The highest BCUT2D eigenvalue weighted by Gasteiger charge is 2.22. The maximum Gasteiger partial charge on any atom is 0.337 e. The average molecular weight is 399 g/mol. The van der Waals surface area contributed by atoms with E-state index in [0.29, 0.717) is 34.6 Å². The number of anilines is 2. The van der Waals surface area contributed by atoms with Gasteiger partial charge in [0.2, 0.25) is 0 Å². The van der Waals surface area contributed by atoms with Crippen molar-refractivity contribution in [1.29, 1.82) is 0 Å². The fourth-order valence-corrected chi connectivity index (χ4v) is 3.87. The summed E-state index contributed by atoms with van der Waals surface area (Å²) in [6.07, 6.45) is 0. The number of carbonyl (C=O) groups is 1. The highest BCUT2D eigenvalue weighted by molar-refractivity contribution is 7.91. The molecule has 0 aliphatic heterocycles. The molecule has 6 nitrogen and oxygen atoms in total. The van der Waals surface area contributed by atoms with Crippen molar-refractivity contribution >= 4 is 39.5 Å². The minimum atomic E-state index is -1.42. The van der Waals surface area contributed by atoms with E-state index in [4.69, 9.17) is 4.42 Å². The van der Waals surface area contributed by atoms with Crippen LogP contribution in [-0.4, -0.2) is 27.9 Å². The fourth-order valence-electron chi connectivity index (χ4n) is 3.17. The molecular weight excluding hydrogens is 378 g/mol. The third kappa shape index (κ3) is 3.63. The van der Waals surface area contributed by atoms with Crippen LogP contribution in [0.1, 0.15) is 29.8 Å². The van der Waals surface area contributed by atoms with Crippen molar-refractivity contribution in [2.45, 2.75) is 25.9 Å². The standard InChI is InChI=1S/C21H21NO5S/c1-4-22(16-9-7-6-8-14(16)21(24)25)17-11-13(3)10-15-18(23)12-19(27-20(15)17)28(26)5-2/h6-12H,4-5H2,1-3H3,(H,24,25). The first-order valence-corrected chi connectivity index (χ1v) is 10.3. The van der Waals surface area contributed by atoms with E-state index in [9.17, 15) is 19.2 Å². The molecule has 2 aromatic carbocycles. The Hall–Kier alpha value is -2.77. The molecule has 3 rings (SSSR count). The van der Waals surface area contributed by atoms with Gasteiger partial charge in [0.05, 0.1) is 28.4 Å². The van der Waals surface area contributed by atoms with Gasteiger partial charge in [-0.1, -0.05) is 12.1 Å². The van der Waals surface area contributed by atoms with Crippen LogP contribution >= 0.6 is 0 Å². The highest BCUT2D eigenvalue weighted by atomic mass is 32.2. The van der Waals surface area contributed by atoms with Crippen molar-refractivity contribution in [3.8, 4) is 0 Å². The molecule has 7 heteroatoms. The lowest BCUT2D eigenvalue weighted by Crippen LogP contribution is -2.20. The number of carboxylic acid groups (broad SMARTS) is 1. The first-order valence-electron chi connectivity index (χ1n) is 8.94. The van der Waals surface area contributed by atoms with E-state index in [1.54, 1.807) is 36.1 Å². The highest BCUT2D eigenvalue weighted by Crippen LogP contribution is 2.35. The topological polar surface area (TPSA) is 93.8 Å². The van der Waals surface area contributed by atoms with Gasteiger partial charge in [0.1, 0.15) is 5.75 Å². The summed E-state index contributed by atoms with van der Waals surface area (Å²) in [6, 6.07) is 11.5. The molecule has 3 aromatic rings. The molecule has 0 spiro atoms. The van der Waals surface area contributed by atoms with E-state index in [2.05, 4.69) is 0 Å². The predicted octanol–water partition coefficient (Wildman–Crippen LogP) is 4.09. The SMILES string of the molecule is CCN(c1ccccc1C(=O)O)c1cc(C)cc2c(=O)cc([S+]([O-])CC)oc12. The zero-order valence-corrected chi connectivity index (χ0v) is 16.7. The monoisotopic (exact) mass is 399 g/mol. The molecule has 1 atom stereocenters. The second-order valence-electron chi connectivity index (χ2n) is 6.29. The quantitative estimate of drug-likeness (QED) is 0.628. The van der Waals surface area contributed by atoms with Crippen molar-refractivity contribution in [3.05, 3.63) is 63.8 Å². The van der Waals surface area contributed by atoms with E-state index < -0.39 is 17.1 Å². The van der Waals surface area contributed by atoms with Gasteiger partial charge >= 0.3 is 11.1 Å². The van der Waals surface area contributed by atoms with Gasteiger partial charge in [-0.2, -0.15) is 0 Å². The van der Waals surface area contributed by atoms with Crippen molar-refractivity contribution in [1.82, 2.24) is 0 Å². The first kappa shape index (κ1) is 20.0. The van der Waals surface area contributed by atoms with Gasteiger partial charge in [-0.15, -0.1) is 0 Å². The molecule has 1 aromatic heterocycles. The predicted molar refractivity (Wildman–Crippen MR) is 110 cm³/mol. The number of rotatable bonds is 6.